The van der Waals surface area contributed by atoms with E-state index in [4.69, 9.17) is 37.0 Å². The van der Waals surface area contributed by atoms with Crippen molar-refractivity contribution in [3.8, 4) is 0 Å². The molecule has 0 spiro atoms. The summed E-state index contributed by atoms with van der Waals surface area (Å²) < 4.78 is 67.7. The minimum absolute atomic E-state index is 0.105. The van der Waals surface area contributed by atoms with Crippen molar-refractivity contribution in [2.45, 2.75) is 317 Å². The van der Waals surface area contributed by atoms with E-state index in [-0.39, 0.29) is 25.7 Å². The van der Waals surface area contributed by atoms with Gasteiger partial charge in [-0.3, -0.25) is 37.3 Å². The Hall–Kier alpha value is -1.94. The molecule has 0 aromatic heterocycles. The second kappa shape index (κ2) is 53.8. The maximum absolute atomic E-state index is 12.9. The van der Waals surface area contributed by atoms with Crippen LogP contribution in [-0.4, -0.2) is 96.7 Å². The Morgan fingerprint density at radius 1 is 0.362 bits per heavy atom. The Bertz CT molecular complexity index is 1580. The van der Waals surface area contributed by atoms with E-state index in [9.17, 15) is 43.2 Å². The molecule has 0 bridgehead atoms. The monoisotopic (exact) mass is 1180 g/mol. The number of carbonyl (C=O) groups excluding carboxylic acids is 4. The van der Waals surface area contributed by atoms with E-state index >= 15 is 0 Å². The fraction of sp³-hybridized carbons (Fsp3) is 0.934. The largest absolute Gasteiger partial charge is 0.472 e. The van der Waals surface area contributed by atoms with Gasteiger partial charge < -0.3 is 33.8 Å². The first-order valence-electron chi connectivity index (χ1n) is 32.0. The van der Waals surface area contributed by atoms with Crippen LogP contribution in [0.5, 0.6) is 0 Å². The second-order valence-electron chi connectivity index (χ2n) is 22.8. The molecule has 6 atom stereocenters. The normalized spacial score (nSPS) is 14.7. The van der Waals surface area contributed by atoms with Crippen molar-refractivity contribution in [2.24, 2.45) is 11.8 Å². The summed E-state index contributed by atoms with van der Waals surface area (Å²) in [5.41, 5.74) is 0. The Balaban J connectivity index is 5.19. The first-order chi connectivity index (χ1) is 38.4. The topological polar surface area (TPSA) is 237 Å². The highest BCUT2D eigenvalue weighted by atomic mass is 31.2. The summed E-state index contributed by atoms with van der Waals surface area (Å²) in [4.78, 5) is 71.8. The van der Waals surface area contributed by atoms with E-state index in [1.54, 1.807) is 0 Å². The second-order valence-corrected chi connectivity index (χ2v) is 25.7. The SMILES string of the molecule is CCCCCCCCCCCCCC(=O)O[C@H](COC(=O)CCCCCCC)COP(=O)(O)OC[C@H](O)COP(=O)(O)OC[C@@H](COC(=O)CCCCCCCCCCC(C)CC)OC(=O)CCCCCCCCCCCC(C)C. The zero-order chi connectivity index (χ0) is 59.4. The number of hydrogen-bond acceptors (Lipinski definition) is 15. The lowest BCUT2D eigenvalue weighted by Gasteiger charge is -2.21. The van der Waals surface area contributed by atoms with Gasteiger partial charge in [0.05, 0.1) is 26.4 Å². The van der Waals surface area contributed by atoms with Crippen LogP contribution in [0.3, 0.4) is 0 Å². The number of phosphoric ester groups is 2. The molecule has 0 saturated heterocycles. The molecule has 0 radical (unpaired) electrons. The fourth-order valence-corrected chi connectivity index (χ4v) is 10.5. The number of esters is 4. The van der Waals surface area contributed by atoms with Gasteiger partial charge in [0.25, 0.3) is 0 Å². The fourth-order valence-electron chi connectivity index (χ4n) is 8.97. The molecule has 0 aromatic rings. The first kappa shape index (κ1) is 78.1. The van der Waals surface area contributed by atoms with Gasteiger partial charge in [0.15, 0.2) is 12.2 Å². The van der Waals surface area contributed by atoms with E-state index in [2.05, 4.69) is 41.5 Å². The summed E-state index contributed by atoms with van der Waals surface area (Å²) in [6.07, 6.45) is 35.1. The van der Waals surface area contributed by atoms with Crippen molar-refractivity contribution >= 4 is 39.5 Å². The quantitative estimate of drug-likeness (QED) is 0.0222. The predicted molar refractivity (Wildman–Crippen MR) is 317 cm³/mol. The van der Waals surface area contributed by atoms with Gasteiger partial charge in [0, 0.05) is 25.7 Å². The number of rotatable bonds is 60. The van der Waals surface area contributed by atoms with Crippen molar-refractivity contribution in [3.05, 3.63) is 0 Å². The summed E-state index contributed by atoms with van der Waals surface area (Å²) in [7, 11) is -9.87. The van der Waals surface area contributed by atoms with Crippen LogP contribution < -0.4 is 0 Å². The van der Waals surface area contributed by atoms with Crippen LogP contribution >= 0.6 is 15.6 Å². The van der Waals surface area contributed by atoms with Crippen molar-refractivity contribution in [2.75, 3.05) is 39.6 Å². The van der Waals surface area contributed by atoms with Crippen LogP contribution in [0.1, 0.15) is 298 Å². The molecule has 0 aliphatic carbocycles. The lowest BCUT2D eigenvalue weighted by Crippen LogP contribution is -2.30. The Morgan fingerprint density at radius 2 is 0.637 bits per heavy atom. The number of aliphatic hydroxyl groups is 1. The third-order valence-electron chi connectivity index (χ3n) is 14.3. The van der Waals surface area contributed by atoms with Crippen LogP contribution in [-0.2, 0) is 65.4 Å². The molecule has 0 fully saturated rings. The van der Waals surface area contributed by atoms with Crippen LogP contribution in [0.15, 0.2) is 0 Å². The summed E-state index contributed by atoms with van der Waals surface area (Å²) in [5, 5.41) is 10.5. The highest BCUT2D eigenvalue weighted by Crippen LogP contribution is 2.45. The van der Waals surface area contributed by atoms with E-state index < -0.39 is 97.5 Å². The lowest BCUT2D eigenvalue weighted by atomic mass is 9.99. The molecule has 0 rings (SSSR count). The maximum Gasteiger partial charge on any atom is 0.472 e. The van der Waals surface area contributed by atoms with Crippen LogP contribution in [0.2, 0.25) is 0 Å². The molecule has 0 aromatic carbocycles. The molecule has 474 valence electrons. The van der Waals surface area contributed by atoms with E-state index in [0.717, 1.165) is 108 Å². The number of hydrogen-bond donors (Lipinski definition) is 3. The molecule has 3 N–H and O–H groups in total. The molecular formula is C61H118O17P2. The van der Waals surface area contributed by atoms with Gasteiger partial charge in [-0.25, -0.2) is 9.13 Å². The summed E-state index contributed by atoms with van der Waals surface area (Å²) in [6.45, 7) is 9.36. The molecule has 17 nitrogen and oxygen atoms in total. The van der Waals surface area contributed by atoms with Gasteiger partial charge >= 0.3 is 39.5 Å². The number of phosphoric acid groups is 2. The maximum atomic E-state index is 12.9. The number of carbonyl (C=O) groups is 4. The Morgan fingerprint density at radius 3 is 0.950 bits per heavy atom. The summed E-state index contributed by atoms with van der Waals surface area (Å²) in [6, 6.07) is 0. The van der Waals surface area contributed by atoms with Crippen LogP contribution in [0, 0.1) is 11.8 Å². The molecule has 0 heterocycles. The van der Waals surface area contributed by atoms with Gasteiger partial charge in [-0.15, -0.1) is 0 Å². The molecule has 80 heavy (non-hydrogen) atoms. The molecule has 0 amide bonds. The van der Waals surface area contributed by atoms with Crippen molar-refractivity contribution < 1.29 is 80.2 Å². The number of unbranched alkanes of at least 4 members (excludes halogenated alkanes) is 29. The molecule has 19 heteroatoms. The van der Waals surface area contributed by atoms with Gasteiger partial charge in [-0.05, 0) is 37.5 Å². The van der Waals surface area contributed by atoms with Crippen molar-refractivity contribution in [1.29, 1.82) is 0 Å². The van der Waals surface area contributed by atoms with E-state index in [1.165, 1.54) is 109 Å². The average molecular weight is 1190 g/mol. The molecular weight excluding hydrogens is 1070 g/mol. The number of ether oxygens (including phenoxy) is 4. The minimum Gasteiger partial charge on any atom is -0.462 e. The van der Waals surface area contributed by atoms with Gasteiger partial charge in [0.1, 0.15) is 19.3 Å². The third kappa shape index (κ3) is 54.0. The lowest BCUT2D eigenvalue weighted by molar-refractivity contribution is -0.161. The third-order valence-corrected chi connectivity index (χ3v) is 16.2. The zero-order valence-corrected chi connectivity index (χ0v) is 53.2. The minimum atomic E-state index is -4.94. The van der Waals surface area contributed by atoms with Gasteiger partial charge in [0.2, 0.25) is 0 Å². The highest BCUT2D eigenvalue weighted by molar-refractivity contribution is 7.47. The Kier molecular flexibility index (Phi) is 52.5. The standard InChI is InChI=1S/C61H118O17P2/c1-7-10-12-14-15-16-17-20-27-33-39-45-60(65)77-56(49-71-58(63)43-37-29-13-11-8-2)51-75-79(67,68)73-47-55(62)48-74-80(69,70)76-52-57(78-61(66)46-40-34-28-21-18-19-24-30-35-41-53(4)5)50-72-59(64)44-38-32-26-23-22-25-31-36-42-54(6)9-3/h53-57,62H,7-52H2,1-6H3,(H,67,68)(H,69,70)/t54?,55-,56+,57+/m0/s1. The van der Waals surface area contributed by atoms with Crippen molar-refractivity contribution in [3.63, 3.8) is 0 Å². The predicted octanol–water partition coefficient (Wildman–Crippen LogP) is 16.5. The van der Waals surface area contributed by atoms with Crippen molar-refractivity contribution in [1.82, 2.24) is 0 Å². The zero-order valence-electron chi connectivity index (χ0n) is 51.4. The first-order valence-corrected chi connectivity index (χ1v) is 35.0. The molecule has 0 aliphatic rings. The number of aliphatic hydroxyl groups excluding tert-OH is 1. The van der Waals surface area contributed by atoms with Crippen LogP contribution in [0.25, 0.3) is 0 Å². The highest BCUT2D eigenvalue weighted by Gasteiger charge is 2.30. The van der Waals surface area contributed by atoms with E-state index in [1.807, 2.05) is 0 Å². The molecule has 0 aliphatic heterocycles. The smallest absolute Gasteiger partial charge is 0.462 e. The van der Waals surface area contributed by atoms with Crippen LogP contribution in [0.4, 0.5) is 0 Å². The molecule has 0 saturated carbocycles. The summed E-state index contributed by atoms with van der Waals surface area (Å²) in [5.74, 6) is -0.635. The molecule has 3 unspecified atom stereocenters. The van der Waals surface area contributed by atoms with Gasteiger partial charge in [-0.1, -0.05) is 247 Å². The van der Waals surface area contributed by atoms with Gasteiger partial charge in [-0.2, -0.15) is 0 Å². The van der Waals surface area contributed by atoms with E-state index in [0.29, 0.717) is 25.7 Å². The average Bonchev–Trinajstić information content (AvgIpc) is 3.42. The summed E-state index contributed by atoms with van der Waals surface area (Å²) >= 11 is 0. The Labute approximate surface area is 486 Å².